The Balaban J connectivity index is 1.37. The van der Waals surface area contributed by atoms with Crippen molar-refractivity contribution < 1.29 is 27.0 Å². The summed E-state index contributed by atoms with van der Waals surface area (Å²) in [5.74, 6) is 0.759. The molecule has 0 aromatic heterocycles. The van der Waals surface area contributed by atoms with Crippen LogP contribution in [0, 0.1) is 11.7 Å². The first-order valence-corrected chi connectivity index (χ1v) is 9.25. The van der Waals surface area contributed by atoms with Crippen LogP contribution < -0.4 is 14.2 Å². The van der Waals surface area contributed by atoms with E-state index in [2.05, 4.69) is 0 Å². The maximum absolute atomic E-state index is 13.5. The minimum Gasteiger partial charge on any atom is -0.490 e. The summed E-state index contributed by atoms with van der Waals surface area (Å²) in [6, 6.07) is 10.7. The molecule has 8 heteroatoms. The Morgan fingerprint density at radius 2 is 1.88 bits per heavy atom. The molecule has 6 nitrogen and oxygen atoms in total. The normalized spacial score (nSPS) is 17.3. The van der Waals surface area contributed by atoms with Crippen LogP contribution in [0.2, 0.25) is 0 Å². The Hall–Kier alpha value is -2.32. The number of ether oxygens (including phenoxy) is 3. The molecule has 1 fully saturated rings. The van der Waals surface area contributed by atoms with E-state index < -0.39 is 15.8 Å². The summed E-state index contributed by atoms with van der Waals surface area (Å²) in [5.41, 5.74) is 0. The van der Waals surface area contributed by atoms with E-state index in [0.717, 1.165) is 0 Å². The van der Waals surface area contributed by atoms with E-state index >= 15 is 0 Å². The minimum absolute atomic E-state index is 0.0309. The number of fused-ring (bicyclic) bond motifs is 1. The Morgan fingerprint density at radius 1 is 1.12 bits per heavy atom. The van der Waals surface area contributed by atoms with Crippen molar-refractivity contribution in [3.05, 3.63) is 48.3 Å². The van der Waals surface area contributed by atoms with Crippen LogP contribution in [0.15, 0.2) is 47.4 Å². The van der Waals surface area contributed by atoms with Gasteiger partial charge in [-0.3, -0.25) is 0 Å². The van der Waals surface area contributed by atoms with Gasteiger partial charge < -0.3 is 14.2 Å². The number of hydrogen-bond acceptors (Lipinski definition) is 5. The number of benzene rings is 2. The third-order valence-corrected chi connectivity index (χ3v) is 6.04. The predicted molar refractivity (Wildman–Crippen MR) is 86.7 cm³/mol. The molecule has 0 aliphatic carbocycles. The molecule has 1 saturated heterocycles. The minimum atomic E-state index is -3.58. The zero-order valence-electron chi connectivity index (χ0n) is 13.2. The third kappa shape index (κ3) is 3.03. The van der Waals surface area contributed by atoms with E-state index in [1.807, 2.05) is 0 Å². The number of para-hydroxylation sites is 1. The first kappa shape index (κ1) is 16.2. The van der Waals surface area contributed by atoms with Gasteiger partial charge in [0.2, 0.25) is 16.8 Å². The Bertz CT molecular complexity index is 896. The van der Waals surface area contributed by atoms with Crippen molar-refractivity contribution in [3.8, 4) is 17.2 Å². The molecule has 0 radical (unpaired) electrons. The van der Waals surface area contributed by atoms with Gasteiger partial charge in [-0.1, -0.05) is 12.1 Å². The molecule has 2 aromatic carbocycles. The van der Waals surface area contributed by atoms with Crippen molar-refractivity contribution in [2.45, 2.75) is 4.90 Å². The molecule has 2 aliphatic rings. The largest absolute Gasteiger partial charge is 0.490 e. The van der Waals surface area contributed by atoms with Crippen molar-refractivity contribution in [1.82, 2.24) is 4.31 Å². The molecule has 0 amide bonds. The molecule has 0 N–H and O–H groups in total. The zero-order chi connectivity index (χ0) is 17.4. The van der Waals surface area contributed by atoms with Crippen LogP contribution in [0.25, 0.3) is 0 Å². The highest BCUT2D eigenvalue weighted by Gasteiger charge is 2.37. The van der Waals surface area contributed by atoms with Gasteiger partial charge >= 0.3 is 0 Å². The van der Waals surface area contributed by atoms with Crippen molar-refractivity contribution >= 4 is 10.0 Å². The molecule has 0 bridgehead atoms. The van der Waals surface area contributed by atoms with Crippen LogP contribution in [0.5, 0.6) is 17.2 Å². The smallest absolute Gasteiger partial charge is 0.243 e. The lowest BCUT2D eigenvalue weighted by atomic mass is 10.1. The summed E-state index contributed by atoms with van der Waals surface area (Å²) >= 11 is 0. The molecule has 2 aromatic rings. The Kier molecular flexibility index (Phi) is 4.01. The number of nitrogens with zero attached hydrogens (tertiary/aromatic N) is 1. The number of sulfonamides is 1. The summed E-state index contributed by atoms with van der Waals surface area (Å²) in [7, 11) is -3.58. The van der Waals surface area contributed by atoms with Gasteiger partial charge in [0.15, 0.2) is 23.1 Å². The van der Waals surface area contributed by atoms with E-state index in [9.17, 15) is 12.8 Å². The molecule has 0 saturated carbocycles. The second-order valence-corrected chi connectivity index (χ2v) is 7.88. The maximum atomic E-state index is 13.5. The first-order valence-electron chi connectivity index (χ1n) is 7.81. The maximum Gasteiger partial charge on any atom is 0.243 e. The Labute approximate surface area is 144 Å². The third-order valence-electron chi connectivity index (χ3n) is 4.22. The van der Waals surface area contributed by atoms with Crippen LogP contribution in [-0.2, 0) is 10.0 Å². The van der Waals surface area contributed by atoms with Crippen molar-refractivity contribution in [1.29, 1.82) is 0 Å². The van der Waals surface area contributed by atoms with E-state index in [1.54, 1.807) is 24.3 Å². The van der Waals surface area contributed by atoms with Gasteiger partial charge in [0, 0.05) is 25.1 Å². The predicted octanol–water partition coefficient (Wildman–Crippen LogP) is 2.25. The number of rotatable bonds is 5. The average Bonchev–Trinajstić information content (AvgIpc) is 3.02. The fraction of sp³-hybridized carbons (Fsp3) is 0.294. The van der Waals surface area contributed by atoms with Crippen molar-refractivity contribution in [2.75, 3.05) is 26.5 Å². The molecule has 25 heavy (non-hydrogen) atoms. The second kappa shape index (κ2) is 6.20. The zero-order valence-corrected chi connectivity index (χ0v) is 14.0. The quantitative estimate of drug-likeness (QED) is 0.813. The van der Waals surface area contributed by atoms with Crippen LogP contribution in [0.4, 0.5) is 4.39 Å². The van der Waals surface area contributed by atoms with Crippen molar-refractivity contribution in [2.24, 2.45) is 5.92 Å². The molecular weight excluding hydrogens is 349 g/mol. The molecule has 2 aliphatic heterocycles. The lowest BCUT2D eigenvalue weighted by Gasteiger charge is -2.37. The van der Waals surface area contributed by atoms with Crippen LogP contribution in [0.1, 0.15) is 0 Å². The first-order chi connectivity index (χ1) is 12.0. The average molecular weight is 365 g/mol. The van der Waals surface area contributed by atoms with Gasteiger partial charge in [0.1, 0.15) is 0 Å². The van der Waals surface area contributed by atoms with Crippen molar-refractivity contribution in [3.63, 3.8) is 0 Å². The molecule has 4 rings (SSSR count). The molecule has 132 valence electrons. The van der Waals surface area contributed by atoms with Gasteiger partial charge in [0.05, 0.1) is 11.5 Å². The Morgan fingerprint density at radius 3 is 2.68 bits per heavy atom. The molecule has 0 atom stereocenters. The van der Waals surface area contributed by atoms with E-state index in [4.69, 9.17) is 14.2 Å². The topological polar surface area (TPSA) is 65.1 Å². The summed E-state index contributed by atoms with van der Waals surface area (Å²) in [5, 5.41) is 0. The monoisotopic (exact) mass is 365 g/mol. The van der Waals surface area contributed by atoms with Crippen LogP contribution in [-0.4, -0.2) is 39.2 Å². The lowest BCUT2D eigenvalue weighted by Crippen LogP contribution is -2.51. The van der Waals surface area contributed by atoms with E-state index in [1.165, 1.54) is 22.5 Å². The molecule has 0 unspecified atom stereocenters. The van der Waals surface area contributed by atoms with Crippen LogP contribution >= 0.6 is 0 Å². The highest BCUT2D eigenvalue weighted by atomic mass is 32.2. The fourth-order valence-electron chi connectivity index (χ4n) is 2.78. The summed E-state index contributed by atoms with van der Waals surface area (Å²) in [6.45, 7) is 1.04. The fourth-order valence-corrected chi connectivity index (χ4v) is 4.39. The molecule has 2 heterocycles. The molecular formula is C17H16FNO5S. The lowest BCUT2D eigenvalue weighted by molar-refractivity contribution is 0.127. The van der Waals surface area contributed by atoms with E-state index in [0.29, 0.717) is 24.6 Å². The van der Waals surface area contributed by atoms with Gasteiger partial charge in [0.25, 0.3) is 0 Å². The van der Waals surface area contributed by atoms with Gasteiger partial charge in [-0.2, -0.15) is 4.31 Å². The highest BCUT2D eigenvalue weighted by molar-refractivity contribution is 7.89. The second-order valence-electron chi connectivity index (χ2n) is 5.94. The highest BCUT2D eigenvalue weighted by Crippen LogP contribution is 2.35. The van der Waals surface area contributed by atoms with Crippen LogP contribution in [0.3, 0.4) is 0 Å². The number of hydrogen-bond donors (Lipinski definition) is 0. The number of halogens is 1. The van der Waals surface area contributed by atoms with Gasteiger partial charge in [-0.25, -0.2) is 12.8 Å². The summed E-state index contributed by atoms with van der Waals surface area (Å²) in [6.07, 6.45) is 0. The van der Waals surface area contributed by atoms with Gasteiger partial charge in [-0.15, -0.1) is 0 Å². The summed E-state index contributed by atoms with van der Waals surface area (Å²) < 4.78 is 56.0. The van der Waals surface area contributed by atoms with E-state index in [-0.39, 0.29) is 30.0 Å². The van der Waals surface area contributed by atoms with Gasteiger partial charge in [-0.05, 0) is 24.3 Å². The standard InChI is InChI=1S/C17H16FNO5S/c18-14-3-1-2-4-15(14)22-10-12-8-19(9-12)25(20,21)13-5-6-16-17(7-13)24-11-23-16/h1-7,12H,8-11H2. The molecule has 0 spiro atoms. The SMILES string of the molecule is O=S(=O)(c1ccc2c(c1)OCO2)N1CC(COc2ccccc2F)C1. The summed E-state index contributed by atoms with van der Waals surface area (Å²) in [4.78, 5) is 0.172.